The zero-order valence-electron chi connectivity index (χ0n) is 12.1. The van der Waals surface area contributed by atoms with E-state index in [1.54, 1.807) is 0 Å². The highest BCUT2D eigenvalue weighted by Gasteiger charge is 2.23. The fourth-order valence-corrected chi connectivity index (χ4v) is 3.19. The first-order chi connectivity index (χ1) is 10.3. The Kier molecular flexibility index (Phi) is 4.56. The molecule has 3 rings (SSSR count). The summed E-state index contributed by atoms with van der Waals surface area (Å²) in [6.45, 7) is 3.76. The Balaban J connectivity index is 2.05. The summed E-state index contributed by atoms with van der Waals surface area (Å²) in [5, 5.41) is 4.63. The average molecular weight is 347 g/mol. The minimum Gasteiger partial charge on any atom is -0.496 e. The summed E-state index contributed by atoms with van der Waals surface area (Å²) < 4.78 is 6.87. The van der Waals surface area contributed by atoms with Crippen LogP contribution in [0.3, 0.4) is 0 Å². The molecular weight excluding hydrogens is 328 g/mol. The molecule has 0 spiro atoms. The topological polar surface area (TPSA) is 34.1 Å². The molecule has 1 atom stereocenters. The second-order valence-electron chi connectivity index (χ2n) is 5.14. The smallest absolute Gasteiger partial charge is 0.115 e. The van der Waals surface area contributed by atoms with Gasteiger partial charge in [-0.05, 0) is 53.5 Å². The lowest BCUT2D eigenvalue weighted by molar-refractivity contribution is 0.167. The molecule has 1 aromatic heterocycles. The van der Waals surface area contributed by atoms with E-state index in [2.05, 4.69) is 46.4 Å². The molecule has 110 valence electrons. The molecule has 0 aliphatic carbocycles. The predicted molar refractivity (Wildman–Crippen MR) is 89.1 cm³/mol. The molecule has 4 heteroatoms. The van der Waals surface area contributed by atoms with Crippen LogP contribution in [0, 0.1) is 0 Å². The zero-order valence-corrected chi connectivity index (χ0v) is 13.7. The highest BCUT2D eigenvalue weighted by molar-refractivity contribution is 9.10. The second-order valence-corrected chi connectivity index (χ2v) is 5.99. The fourth-order valence-electron chi connectivity index (χ4n) is 2.62. The number of hydrogen-bond donors (Lipinski definition) is 1. The number of nitrogens with zero attached hydrogens (tertiary/aromatic N) is 1. The Morgan fingerprint density at radius 3 is 3.00 bits per heavy atom. The van der Waals surface area contributed by atoms with Gasteiger partial charge < -0.3 is 10.1 Å². The molecule has 1 unspecified atom stereocenters. The van der Waals surface area contributed by atoms with Crippen LogP contribution in [-0.4, -0.2) is 18.1 Å². The number of rotatable bonds is 4. The minimum absolute atomic E-state index is 0.00859. The quantitative estimate of drug-likeness (QED) is 0.893. The van der Waals surface area contributed by atoms with E-state index in [1.165, 1.54) is 0 Å². The number of nitrogens with one attached hydrogen (secondary N) is 1. The molecule has 0 bridgehead atoms. The third-order valence-electron chi connectivity index (χ3n) is 3.63. The lowest BCUT2D eigenvalue weighted by Crippen LogP contribution is -2.26. The number of benzene rings is 1. The average Bonchev–Trinajstić information content (AvgIpc) is 2.53. The van der Waals surface area contributed by atoms with Gasteiger partial charge in [-0.3, -0.25) is 0 Å². The Morgan fingerprint density at radius 2 is 2.24 bits per heavy atom. The standard InChI is InChI=1S/C17H19BrN2O/c1-2-19-17(15-9-5-6-10-21-15)16-13(18)11-12-7-3-4-8-14(12)20-16/h3-4,7-9,11,17,19H,2,5-6,10H2,1H3. The normalized spacial score (nSPS) is 16.4. The van der Waals surface area contributed by atoms with Gasteiger partial charge in [0.15, 0.2) is 0 Å². The van der Waals surface area contributed by atoms with Crippen molar-refractivity contribution in [1.82, 2.24) is 10.3 Å². The number of fused-ring (bicyclic) bond motifs is 1. The van der Waals surface area contributed by atoms with Gasteiger partial charge in [-0.25, -0.2) is 4.98 Å². The van der Waals surface area contributed by atoms with Crippen molar-refractivity contribution in [2.75, 3.05) is 13.2 Å². The monoisotopic (exact) mass is 346 g/mol. The van der Waals surface area contributed by atoms with Gasteiger partial charge in [0.25, 0.3) is 0 Å². The van der Waals surface area contributed by atoms with Crippen LogP contribution in [0.5, 0.6) is 0 Å². The third kappa shape index (κ3) is 3.11. The van der Waals surface area contributed by atoms with Crippen molar-refractivity contribution >= 4 is 26.8 Å². The number of aromatic nitrogens is 1. The van der Waals surface area contributed by atoms with Crippen molar-refractivity contribution < 1.29 is 4.74 Å². The molecule has 0 fully saturated rings. The molecule has 1 aliphatic rings. The van der Waals surface area contributed by atoms with E-state index in [9.17, 15) is 0 Å². The van der Waals surface area contributed by atoms with E-state index >= 15 is 0 Å². The van der Waals surface area contributed by atoms with Gasteiger partial charge in [0.05, 0.1) is 17.8 Å². The predicted octanol–water partition coefficient (Wildman–Crippen LogP) is 4.34. The molecule has 1 N–H and O–H groups in total. The molecule has 0 saturated heterocycles. The Hall–Kier alpha value is -1.39. The molecule has 0 amide bonds. The molecule has 1 aliphatic heterocycles. The van der Waals surface area contributed by atoms with E-state index in [0.717, 1.165) is 52.8 Å². The van der Waals surface area contributed by atoms with Crippen molar-refractivity contribution in [2.24, 2.45) is 0 Å². The van der Waals surface area contributed by atoms with Crippen LogP contribution in [-0.2, 0) is 4.74 Å². The van der Waals surface area contributed by atoms with Gasteiger partial charge in [-0.15, -0.1) is 0 Å². The summed E-state index contributed by atoms with van der Waals surface area (Å²) in [6, 6.07) is 10.3. The van der Waals surface area contributed by atoms with Gasteiger partial charge in [0.2, 0.25) is 0 Å². The highest BCUT2D eigenvalue weighted by atomic mass is 79.9. The molecule has 3 nitrogen and oxygen atoms in total. The molecule has 2 aromatic rings. The number of ether oxygens (including phenoxy) is 1. The second kappa shape index (κ2) is 6.58. The zero-order chi connectivity index (χ0) is 14.7. The van der Waals surface area contributed by atoms with E-state index in [1.807, 2.05) is 18.2 Å². The molecule has 21 heavy (non-hydrogen) atoms. The van der Waals surface area contributed by atoms with Crippen molar-refractivity contribution in [2.45, 2.75) is 25.8 Å². The Labute approximate surface area is 133 Å². The van der Waals surface area contributed by atoms with Crippen molar-refractivity contribution in [3.63, 3.8) is 0 Å². The lowest BCUT2D eigenvalue weighted by Gasteiger charge is -2.25. The number of halogens is 1. The van der Waals surface area contributed by atoms with E-state index < -0.39 is 0 Å². The first-order valence-electron chi connectivity index (χ1n) is 7.41. The number of likely N-dealkylation sites (N-methyl/N-ethyl adjacent to an activating group) is 1. The largest absolute Gasteiger partial charge is 0.496 e. The van der Waals surface area contributed by atoms with Crippen molar-refractivity contribution in [1.29, 1.82) is 0 Å². The first kappa shape index (κ1) is 14.5. The highest BCUT2D eigenvalue weighted by Crippen LogP contribution is 2.31. The SMILES string of the molecule is CCNC(C1=CCCCO1)c1nc2ccccc2cc1Br. The summed E-state index contributed by atoms with van der Waals surface area (Å²) in [5.41, 5.74) is 2.00. The van der Waals surface area contributed by atoms with Crippen molar-refractivity contribution in [3.05, 3.63) is 52.3 Å². The van der Waals surface area contributed by atoms with Crippen LogP contribution in [0.4, 0.5) is 0 Å². The molecule has 2 heterocycles. The number of para-hydroxylation sites is 1. The Morgan fingerprint density at radius 1 is 1.38 bits per heavy atom. The maximum absolute atomic E-state index is 5.85. The molecule has 0 saturated carbocycles. The summed E-state index contributed by atoms with van der Waals surface area (Å²) in [5.74, 6) is 0.992. The van der Waals surface area contributed by atoms with Crippen LogP contribution in [0.25, 0.3) is 10.9 Å². The fraction of sp³-hybridized carbons (Fsp3) is 0.353. The van der Waals surface area contributed by atoms with E-state index in [-0.39, 0.29) is 6.04 Å². The van der Waals surface area contributed by atoms with Crippen LogP contribution < -0.4 is 5.32 Å². The van der Waals surface area contributed by atoms with Crippen LogP contribution in [0.1, 0.15) is 31.5 Å². The number of hydrogen-bond acceptors (Lipinski definition) is 3. The van der Waals surface area contributed by atoms with Gasteiger partial charge in [-0.2, -0.15) is 0 Å². The summed E-state index contributed by atoms with van der Waals surface area (Å²) in [4.78, 5) is 4.84. The maximum atomic E-state index is 5.85. The minimum atomic E-state index is 0.00859. The van der Waals surface area contributed by atoms with E-state index in [4.69, 9.17) is 9.72 Å². The van der Waals surface area contributed by atoms with Crippen molar-refractivity contribution in [3.8, 4) is 0 Å². The summed E-state index contributed by atoms with van der Waals surface area (Å²) >= 11 is 3.67. The maximum Gasteiger partial charge on any atom is 0.115 e. The summed E-state index contributed by atoms with van der Waals surface area (Å²) in [6.07, 6.45) is 4.34. The third-order valence-corrected chi connectivity index (χ3v) is 4.27. The van der Waals surface area contributed by atoms with Gasteiger partial charge >= 0.3 is 0 Å². The van der Waals surface area contributed by atoms with Gasteiger partial charge in [0, 0.05) is 9.86 Å². The molecular formula is C17H19BrN2O. The number of pyridine rings is 1. The lowest BCUT2D eigenvalue weighted by atomic mass is 10.1. The van der Waals surface area contributed by atoms with Crippen LogP contribution >= 0.6 is 15.9 Å². The van der Waals surface area contributed by atoms with Gasteiger partial charge in [0.1, 0.15) is 11.8 Å². The first-order valence-corrected chi connectivity index (χ1v) is 8.20. The number of allylic oxidation sites excluding steroid dienone is 1. The Bertz CT molecular complexity index is 669. The van der Waals surface area contributed by atoms with Crippen LogP contribution in [0.2, 0.25) is 0 Å². The molecule has 0 radical (unpaired) electrons. The summed E-state index contributed by atoms with van der Waals surface area (Å²) in [7, 11) is 0. The molecule has 1 aromatic carbocycles. The van der Waals surface area contributed by atoms with Gasteiger partial charge in [-0.1, -0.05) is 25.1 Å². The van der Waals surface area contributed by atoms with Crippen LogP contribution in [0.15, 0.2) is 46.6 Å². The van der Waals surface area contributed by atoms with E-state index in [0.29, 0.717) is 0 Å².